The number of hydrogen-bond donors (Lipinski definition) is 0. The van der Waals surface area contributed by atoms with E-state index in [-0.39, 0.29) is 12.4 Å². The summed E-state index contributed by atoms with van der Waals surface area (Å²) in [6.07, 6.45) is 1.72. The van der Waals surface area contributed by atoms with Crippen molar-refractivity contribution >= 4 is 11.8 Å². The minimum atomic E-state index is -0.506. The van der Waals surface area contributed by atoms with Crippen LogP contribution in [-0.4, -0.2) is 24.0 Å². The van der Waals surface area contributed by atoms with Crippen molar-refractivity contribution in [3.63, 3.8) is 0 Å². The minimum absolute atomic E-state index is 0.0531. The van der Waals surface area contributed by atoms with Gasteiger partial charge in [0, 0.05) is 11.1 Å². The lowest BCUT2D eigenvalue weighted by Gasteiger charge is -2.24. The molecule has 0 saturated heterocycles. The Labute approximate surface area is 161 Å². The SMILES string of the molecule is CCCC(C)(C)OC(=O)COc1ccc(C)c(C(=O)c2ccccc2C)c1. The quantitative estimate of drug-likeness (QED) is 0.484. The molecule has 0 radical (unpaired) electrons. The molecule has 4 heteroatoms. The zero-order chi connectivity index (χ0) is 20.0. The fourth-order valence-electron chi connectivity index (χ4n) is 3.04. The van der Waals surface area contributed by atoms with Gasteiger partial charge in [-0.2, -0.15) is 0 Å². The summed E-state index contributed by atoms with van der Waals surface area (Å²) in [6.45, 7) is 9.44. The van der Waals surface area contributed by atoms with E-state index in [9.17, 15) is 9.59 Å². The number of carbonyl (C=O) groups excluding carboxylic acids is 2. The lowest BCUT2D eigenvalue weighted by Crippen LogP contribution is -2.30. The third-order valence-electron chi connectivity index (χ3n) is 4.44. The topological polar surface area (TPSA) is 52.6 Å². The van der Waals surface area contributed by atoms with Gasteiger partial charge < -0.3 is 9.47 Å². The van der Waals surface area contributed by atoms with Crippen LogP contribution in [0.3, 0.4) is 0 Å². The molecule has 144 valence electrons. The maximum Gasteiger partial charge on any atom is 0.344 e. The molecule has 0 atom stereocenters. The lowest BCUT2D eigenvalue weighted by molar-refractivity contribution is -0.159. The first kappa shape index (κ1) is 20.7. The summed E-state index contributed by atoms with van der Waals surface area (Å²) in [5.41, 5.74) is 2.52. The first-order valence-electron chi connectivity index (χ1n) is 9.29. The van der Waals surface area contributed by atoms with Crippen LogP contribution in [0, 0.1) is 13.8 Å². The van der Waals surface area contributed by atoms with Crippen LogP contribution in [0.1, 0.15) is 60.7 Å². The van der Waals surface area contributed by atoms with Crippen LogP contribution in [0.15, 0.2) is 42.5 Å². The van der Waals surface area contributed by atoms with E-state index in [1.807, 2.05) is 65.0 Å². The normalized spacial score (nSPS) is 11.1. The molecule has 2 rings (SSSR count). The van der Waals surface area contributed by atoms with Crippen molar-refractivity contribution in [1.29, 1.82) is 0 Å². The standard InChI is InChI=1S/C23H28O4/c1-6-13-23(4,5)27-21(24)15-26-18-12-11-17(3)20(14-18)22(25)19-10-8-7-9-16(19)2/h7-12,14H,6,13,15H2,1-5H3. The van der Waals surface area contributed by atoms with E-state index in [1.165, 1.54) is 0 Å². The molecular weight excluding hydrogens is 340 g/mol. The summed E-state index contributed by atoms with van der Waals surface area (Å²) in [5.74, 6) is 0.00583. The molecule has 0 unspecified atom stereocenters. The molecule has 0 aromatic heterocycles. The molecule has 0 aliphatic rings. The molecule has 0 bridgehead atoms. The summed E-state index contributed by atoms with van der Waals surface area (Å²) < 4.78 is 11.0. The molecule has 0 heterocycles. The van der Waals surface area contributed by atoms with E-state index in [4.69, 9.17) is 9.47 Å². The smallest absolute Gasteiger partial charge is 0.344 e. The average molecular weight is 368 g/mol. The molecule has 0 saturated carbocycles. The van der Waals surface area contributed by atoms with Crippen LogP contribution in [0.5, 0.6) is 5.75 Å². The van der Waals surface area contributed by atoms with Crippen LogP contribution in [0.2, 0.25) is 0 Å². The van der Waals surface area contributed by atoms with Gasteiger partial charge in [0.1, 0.15) is 11.4 Å². The van der Waals surface area contributed by atoms with Gasteiger partial charge in [-0.25, -0.2) is 4.79 Å². The van der Waals surface area contributed by atoms with Crippen molar-refractivity contribution in [3.05, 3.63) is 64.7 Å². The van der Waals surface area contributed by atoms with Crippen LogP contribution >= 0.6 is 0 Å². The Bertz CT molecular complexity index is 821. The van der Waals surface area contributed by atoms with Gasteiger partial charge in [0.15, 0.2) is 12.4 Å². The van der Waals surface area contributed by atoms with Crippen LogP contribution in [0.4, 0.5) is 0 Å². The van der Waals surface area contributed by atoms with E-state index < -0.39 is 11.6 Å². The molecule has 2 aromatic rings. The summed E-state index contributed by atoms with van der Waals surface area (Å²) in [5, 5.41) is 0. The third-order valence-corrected chi connectivity index (χ3v) is 4.44. The highest BCUT2D eigenvalue weighted by Gasteiger charge is 2.22. The Morgan fingerprint density at radius 3 is 2.30 bits per heavy atom. The number of carbonyl (C=O) groups is 2. The van der Waals surface area contributed by atoms with Gasteiger partial charge in [-0.15, -0.1) is 0 Å². The predicted octanol–water partition coefficient (Wildman–Crippen LogP) is 5.04. The summed E-state index contributed by atoms with van der Waals surface area (Å²) in [4.78, 5) is 24.9. The number of esters is 1. The highest BCUT2D eigenvalue weighted by Crippen LogP contribution is 2.22. The van der Waals surface area contributed by atoms with Gasteiger partial charge in [0.2, 0.25) is 0 Å². The van der Waals surface area contributed by atoms with Crippen molar-refractivity contribution in [1.82, 2.24) is 0 Å². The Morgan fingerprint density at radius 1 is 0.963 bits per heavy atom. The second-order valence-corrected chi connectivity index (χ2v) is 7.39. The van der Waals surface area contributed by atoms with Crippen molar-refractivity contribution in [2.45, 2.75) is 53.1 Å². The van der Waals surface area contributed by atoms with E-state index in [1.54, 1.807) is 12.1 Å². The van der Waals surface area contributed by atoms with Gasteiger partial charge in [-0.1, -0.05) is 43.7 Å². The third kappa shape index (κ3) is 5.68. The Morgan fingerprint density at radius 2 is 1.63 bits per heavy atom. The first-order valence-corrected chi connectivity index (χ1v) is 9.29. The lowest BCUT2D eigenvalue weighted by atomic mass is 9.96. The maximum absolute atomic E-state index is 12.9. The van der Waals surface area contributed by atoms with Gasteiger partial charge in [0.25, 0.3) is 0 Å². The first-order chi connectivity index (χ1) is 12.7. The predicted molar refractivity (Wildman–Crippen MR) is 106 cm³/mol. The Hall–Kier alpha value is -2.62. The Kier molecular flexibility index (Phi) is 6.78. The van der Waals surface area contributed by atoms with Gasteiger partial charge in [-0.05, 0) is 57.4 Å². The number of ether oxygens (including phenoxy) is 2. The highest BCUT2D eigenvalue weighted by atomic mass is 16.6. The molecule has 0 amide bonds. The minimum Gasteiger partial charge on any atom is -0.482 e. The molecule has 0 aliphatic carbocycles. The molecule has 2 aromatic carbocycles. The fraction of sp³-hybridized carbons (Fsp3) is 0.391. The summed E-state index contributed by atoms with van der Waals surface area (Å²) in [6, 6.07) is 12.8. The number of rotatable bonds is 8. The molecule has 27 heavy (non-hydrogen) atoms. The fourth-order valence-corrected chi connectivity index (χ4v) is 3.04. The van der Waals surface area contributed by atoms with Gasteiger partial charge in [0.05, 0.1) is 0 Å². The summed E-state index contributed by atoms with van der Waals surface area (Å²) in [7, 11) is 0. The Balaban J connectivity index is 2.10. The highest BCUT2D eigenvalue weighted by molar-refractivity contribution is 6.10. The van der Waals surface area contributed by atoms with Crippen molar-refractivity contribution in [2.75, 3.05) is 6.61 Å². The zero-order valence-corrected chi connectivity index (χ0v) is 16.8. The van der Waals surface area contributed by atoms with Crippen molar-refractivity contribution in [2.24, 2.45) is 0 Å². The number of ketones is 1. The molecule has 4 nitrogen and oxygen atoms in total. The van der Waals surface area contributed by atoms with E-state index >= 15 is 0 Å². The monoisotopic (exact) mass is 368 g/mol. The number of aryl methyl sites for hydroxylation is 2. The van der Waals surface area contributed by atoms with Crippen LogP contribution in [-0.2, 0) is 9.53 Å². The maximum atomic E-state index is 12.9. The molecule has 0 spiro atoms. The second kappa shape index (κ2) is 8.85. The van der Waals surface area contributed by atoms with Crippen molar-refractivity contribution in [3.8, 4) is 5.75 Å². The van der Waals surface area contributed by atoms with Gasteiger partial charge in [-0.3, -0.25) is 4.79 Å². The van der Waals surface area contributed by atoms with Gasteiger partial charge >= 0.3 is 5.97 Å². The molecular formula is C23H28O4. The molecule has 0 aliphatic heterocycles. The number of benzene rings is 2. The van der Waals surface area contributed by atoms with E-state index in [0.717, 1.165) is 24.0 Å². The van der Waals surface area contributed by atoms with Crippen LogP contribution in [0.25, 0.3) is 0 Å². The number of hydrogen-bond acceptors (Lipinski definition) is 4. The molecule has 0 fully saturated rings. The zero-order valence-electron chi connectivity index (χ0n) is 16.8. The van der Waals surface area contributed by atoms with E-state index in [2.05, 4.69) is 0 Å². The summed E-state index contributed by atoms with van der Waals surface area (Å²) >= 11 is 0. The van der Waals surface area contributed by atoms with Crippen molar-refractivity contribution < 1.29 is 19.1 Å². The van der Waals surface area contributed by atoms with E-state index in [0.29, 0.717) is 16.9 Å². The molecule has 0 N–H and O–H groups in total. The average Bonchev–Trinajstić information content (AvgIpc) is 2.60. The largest absolute Gasteiger partial charge is 0.482 e. The van der Waals surface area contributed by atoms with Crippen LogP contribution < -0.4 is 4.74 Å². The second-order valence-electron chi connectivity index (χ2n) is 7.39.